The molecule has 0 radical (unpaired) electrons. The van der Waals surface area contributed by atoms with Crippen LogP contribution < -0.4 is 5.32 Å². The topological polar surface area (TPSA) is 89.8 Å². The van der Waals surface area contributed by atoms with E-state index in [0.29, 0.717) is 24.5 Å². The van der Waals surface area contributed by atoms with Crippen LogP contribution >= 0.6 is 0 Å². The van der Waals surface area contributed by atoms with Crippen LogP contribution in [0.5, 0.6) is 0 Å². The maximum Gasteiger partial charge on any atom is 0.227 e. The second kappa shape index (κ2) is 9.09. The number of benzene rings is 1. The Morgan fingerprint density at radius 1 is 1.17 bits per heavy atom. The number of hydrogen-bond donors (Lipinski definition) is 1. The number of aryl methyl sites for hydroxylation is 1. The summed E-state index contributed by atoms with van der Waals surface area (Å²) >= 11 is 0. The lowest BCUT2D eigenvalue weighted by atomic mass is 10.2. The first-order valence-electron chi connectivity index (χ1n) is 9.72. The van der Waals surface area contributed by atoms with Crippen LogP contribution in [0.3, 0.4) is 0 Å². The Balaban J connectivity index is 1.78. The van der Waals surface area contributed by atoms with Crippen molar-refractivity contribution in [1.29, 1.82) is 0 Å². The molecule has 0 saturated carbocycles. The van der Waals surface area contributed by atoms with E-state index < -0.39 is 9.84 Å². The Morgan fingerprint density at radius 3 is 2.57 bits per heavy atom. The van der Waals surface area contributed by atoms with Crippen LogP contribution in [0.15, 0.2) is 47.6 Å². The SMILES string of the molecule is C#CCCCS(=O)(=O)c1ccc(Nc2nccc(-c3cnc(C)n3C(C)C)n2)cc1. The van der Waals surface area contributed by atoms with Gasteiger partial charge in [0.15, 0.2) is 9.84 Å². The van der Waals surface area contributed by atoms with Crippen molar-refractivity contribution < 1.29 is 8.42 Å². The molecule has 1 N–H and O–H groups in total. The second-order valence-corrected chi connectivity index (χ2v) is 9.30. The van der Waals surface area contributed by atoms with E-state index in [1.54, 1.807) is 36.7 Å². The molecule has 0 aliphatic heterocycles. The maximum atomic E-state index is 12.3. The fourth-order valence-corrected chi connectivity index (χ4v) is 4.52. The summed E-state index contributed by atoms with van der Waals surface area (Å²) in [7, 11) is -3.34. The zero-order valence-corrected chi connectivity index (χ0v) is 18.1. The van der Waals surface area contributed by atoms with Crippen molar-refractivity contribution in [2.75, 3.05) is 11.1 Å². The number of rotatable bonds is 8. The molecule has 30 heavy (non-hydrogen) atoms. The van der Waals surface area contributed by atoms with Crippen LogP contribution in [0.1, 0.15) is 38.6 Å². The van der Waals surface area contributed by atoms with Crippen LogP contribution in [0.4, 0.5) is 11.6 Å². The number of anilines is 2. The highest BCUT2D eigenvalue weighted by molar-refractivity contribution is 7.91. The van der Waals surface area contributed by atoms with Gasteiger partial charge in [-0.1, -0.05) is 0 Å². The zero-order chi connectivity index (χ0) is 21.7. The molecule has 7 nitrogen and oxygen atoms in total. The molecule has 0 amide bonds. The Labute approximate surface area is 177 Å². The Kier molecular flexibility index (Phi) is 6.53. The molecule has 0 aliphatic rings. The number of unbranched alkanes of at least 4 members (excludes halogenated alkanes) is 1. The number of sulfone groups is 1. The van der Waals surface area contributed by atoms with Crippen LogP contribution in [0, 0.1) is 19.3 Å². The maximum absolute atomic E-state index is 12.3. The van der Waals surface area contributed by atoms with Gasteiger partial charge in [-0.25, -0.2) is 23.4 Å². The van der Waals surface area contributed by atoms with Crippen LogP contribution in [-0.2, 0) is 9.84 Å². The van der Waals surface area contributed by atoms with Crippen LogP contribution in [0.2, 0.25) is 0 Å². The van der Waals surface area contributed by atoms with Gasteiger partial charge in [0.25, 0.3) is 0 Å². The molecule has 0 unspecified atom stereocenters. The lowest BCUT2D eigenvalue weighted by molar-refractivity contribution is 0.587. The fraction of sp³-hybridized carbons (Fsp3) is 0.318. The summed E-state index contributed by atoms with van der Waals surface area (Å²) in [5.41, 5.74) is 2.37. The van der Waals surface area contributed by atoms with E-state index in [-0.39, 0.29) is 16.7 Å². The number of nitrogens with one attached hydrogen (secondary N) is 1. The third-order valence-electron chi connectivity index (χ3n) is 4.62. The van der Waals surface area contributed by atoms with Gasteiger partial charge in [0.1, 0.15) is 5.82 Å². The number of terminal acetylenes is 1. The summed E-state index contributed by atoms with van der Waals surface area (Å²) in [6, 6.07) is 8.65. The van der Waals surface area contributed by atoms with Crippen molar-refractivity contribution in [2.24, 2.45) is 0 Å². The molecule has 0 spiro atoms. The molecule has 1 aromatic carbocycles. The first-order chi connectivity index (χ1) is 14.3. The van der Waals surface area contributed by atoms with Crippen molar-refractivity contribution in [3.05, 3.63) is 48.5 Å². The monoisotopic (exact) mass is 423 g/mol. The Bertz CT molecular complexity index is 1160. The van der Waals surface area contributed by atoms with Gasteiger partial charge in [0.05, 0.1) is 28.2 Å². The van der Waals surface area contributed by atoms with E-state index in [4.69, 9.17) is 6.42 Å². The number of aromatic nitrogens is 4. The van der Waals surface area contributed by atoms with Gasteiger partial charge in [-0.15, -0.1) is 12.3 Å². The predicted molar refractivity (Wildman–Crippen MR) is 118 cm³/mol. The number of hydrogen-bond acceptors (Lipinski definition) is 6. The van der Waals surface area contributed by atoms with Gasteiger partial charge >= 0.3 is 0 Å². The Hall–Kier alpha value is -3.18. The molecule has 0 saturated heterocycles. The standard InChI is InChI=1S/C22H25N5O2S/c1-5-6-7-14-30(28,29)19-10-8-18(9-11-19)25-22-23-13-12-20(26-22)21-15-24-17(4)27(21)16(2)3/h1,8-13,15-16H,6-7,14H2,2-4H3,(H,23,25,26). The molecule has 0 fully saturated rings. The van der Waals surface area contributed by atoms with E-state index >= 15 is 0 Å². The molecule has 2 aromatic heterocycles. The molecule has 3 aromatic rings. The molecular weight excluding hydrogens is 398 g/mol. The largest absolute Gasteiger partial charge is 0.324 e. The minimum absolute atomic E-state index is 0.0398. The lowest BCUT2D eigenvalue weighted by Gasteiger charge is -2.14. The Morgan fingerprint density at radius 2 is 1.90 bits per heavy atom. The highest BCUT2D eigenvalue weighted by Crippen LogP contribution is 2.24. The summed E-state index contributed by atoms with van der Waals surface area (Å²) in [5.74, 6) is 3.85. The minimum Gasteiger partial charge on any atom is -0.324 e. The van der Waals surface area contributed by atoms with E-state index in [9.17, 15) is 8.42 Å². The van der Waals surface area contributed by atoms with Gasteiger partial charge in [0, 0.05) is 24.3 Å². The average molecular weight is 424 g/mol. The molecule has 156 valence electrons. The van der Waals surface area contributed by atoms with Crippen LogP contribution in [0.25, 0.3) is 11.4 Å². The summed E-state index contributed by atoms with van der Waals surface area (Å²) in [5, 5.41) is 3.13. The van der Waals surface area contributed by atoms with Gasteiger partial charge in [0.2, 0.25) is 5.95 Å². The van der Waals surface area contributed by atoms with Gasteiger partial charge < -0.3 is 9.88 Å². The second-order valence-electron chi connectivity index (χ2n) is 7.20. The molecule has 3 rings (SSSR count). The first kappa shape index (κ1) is 21.5. The predicted octanol–water partition coefficient (Wildman–Crippen LogP) is 4.16. The molecule has 2 heterocycles. The summed E-state index contributed by atoms with van der Waals surface area (Å²) in [6.07, 6.45) is 9.58. The summed E-state index contributed by atoms with van der Waals surface area (Å²) in [6.45, 7) is 6.16. The fourth-order valence-electron chi connectivity index (χ4n) is 3.21. The van der Waals surface area contributed by atoms with E-state index in [1.807, 2.05) is 13.0 Å². The van der Waals surface area contributed by atoms with Crippen LogP contribution in [-0.4, -0.2) is 33.7 Å². The molecule has 0 bridgehead atoms. The van der Waals surface area contributed by atoms with Crippen molar-refractivity contribution >= 4 is 21.5 Å². The smallest absolute Gasteiger partial charge is 0.227 e. The van der Waals surface area contributed by atoms with E-state index in [1.165, 1.54) is 0 Å². The molecule has 8 heteroatoms. The van der Waals surface area contributed by atoms with Crippen molar-refractivity contribution in [1.82, 2.24) is 19.5 Å². The van der Waals surface area contributed by atoms with E-state index in [0.717, 1.165) is 17.2 Å². The van der Waals surface area contributed by atoms with Gasteiger partial charge in [-0.2, -0.15) is 0 Å². The zero-order valence-electron chi connectivity index (χ0n) is 17.3. The minimum atomic E-state index is -3.34. The summed E-state index contributed by atoms with van der Waals surface area (Å²) < 4.78 is 26.8. The highest BCUT2D eigenvalue weighted by Gasteiger charge is 2.15. The number of nitrogens with zero attached hydrogens (tertiary/aromatic N) is 4. The quantitative estimate of drug-likeness (QED) is 0.432. The third-order valence-corrected chi connectivity index (χ3v) is 6.44. The van der Waals surface area contributed by atoms with E-state index in [2.05, 4.69) is 44.6 Å². The normalized spacial score (nSPS) is 11.4. The summed E-state index contributed by atoms with van der Waals surface area (Å²) in [4.78, 5) is 13.5. The van der Waals surface area contributed by atoms with Gasteiger partial charge in [-0.05, 0) is 57.5 Å². The highest BCUT2D eigenvalue weighted by atomic mass is 32.2. The number of imidazole rings is 1. The van der Waals surface area contributed by atoms with Gasteiger partial charge in [-0.3, -0.25) is 0 Å². The van der Waals surface area contributed by atoms with Crippen molar-refractivity contribution in [2.45, 2.75) is 44.6 Å². The molecular formula is C22H25N5O2S. The molecule has 0 atom stereocenters. The lowest BCUT2D eigenvalue weighted by Crippen LogP contribution is -2.07. The average Bonchev–Trinajstić information content (AvgIpc) is 3.10. The third kappa shape index (κ3) is 4.86. The first-order valence-corrected chi connectivity index (χ1v) is 11.4. The van der Waals surface area contributed by atoms with Crippen molar-refractivity contribution in [3.8, 4) is 23.7 Å². The van der Waals surface area contributed by atoms with Crippen molar-refractivity contribution in [3.63, 3.8) is 0 Å². The molecule has 0 aliphatic carbocycles.